The van der Waals surface area contributed by atoms with Crippen LogP contribution < -0.4 is 11.1 Å². The second-order valence-electron chi connectivity index (χ2n) is 9.46. The minimum absolute atomic E-state index is 0. The summed E-state index contributed by atoms with van der Waals surface area (Å²) in [6, 6.07) is 6.51. The highest BCUT2D eigenvalue weighted by molar-refractivity contribution is 7.15. The van der Waals surface area contributed by atoms with Crippen molar-refractivity contribution < 1.29 is 18.0 Å². The Kier molecular flexibility index (Phi) is 7.54. The fourth-order valence-electron chi connectivity index (χ4n) is 4.69. The Hall–Kier alpha value is -3.01. The Labute approximate surface area is 207 Å². The van der Waals surface area contributed by atoms with Gasteiger partial charge in [-0.15, -0.1) is 11.3 Å². The minimum atomic E-state index is -4.54. The van der Waals surface area contributed by atoms with Gasteiger partial charge in [-0.25, -0.2) is 15.0 Å². The molecule has 0 bridgehead atoms. The second-order valence-corrected chi connectivity index (χ2v) is 10.5. The second kappa shape index (κ2) is 9.93. The van der Waals surface area contributed by atoms with E-state index in [1.807, 2.05) is 31.3 Å². The van der Waals surface area contributed by atoms with Crippen LogP contribution in [-0.2, 0) is 11.0 Å². The third-order valence-corrected chi connectivity index (χ3v) is 7.51. The first-order valence-corrected chi connectivity index (χ1v) is 11.8. The van der Waals surface area contributed by atoms with Gasteiger partial charge in [-0.05, 0) is 60.9 Å². The fraction of sp³-hybridized carbons (Fsp3) is 0.440. The van der Waals surface area contributed by atoms with Gasteiger partial charge in [-0.2, -0.15) is 13.2 Å². The predicted octanol–water partition coefficient (Wildman–Crippen LogP) is 6.70. The summed E-state index contributed by atoms with van der Waals surface area (Å²) in [5.74, 6) is -0.241. The number of halogens is 3. The van der Waals surface area contributed by atoms with Gasteiger partial charge in [-0.3, -0.25) is 4.79 Å². The van der Waals surface area contributed by atoms with Crippen LogP contribution in [-0.4, -0.2) is 20.9 Å². The lowest BCUT2D eigenvalue weighted by Gasteiger charge is -2.40. The van der Waals surface area contributed by atoms with Crippen molar-refractivity contribution in [1.29, 1.82) is 0 Å². The molecule has 3 aromatic rings. The smallest absolute Gasteiger partial charge is 0.369 e. The van der Waals surface area contributed by atoms with E-state index in [-0.39, 0.29) is 36.5 Å². The lowest BCUT2D eigenvalue weighted by Crippen LogP contribution is -2.40. The molecular formula is C25H30F3N5OS. The summed E-state index contributed by atoms with van der Waals surface area (Å²) in [6.07, 6.45) is 0.808. The zero-order chi connectivity index (χ0) is 24.7. The van der Waals surface area contributed by atoms with Crippen molar-refractivity contribution >= 4 is 28.9 Å². The third-order valence-electron chi connectivity index (χ3n) is 6.30. The topological polar surface area (TPSA) is 93.8 Å². The summed E-state index contributed by atoms with van der Waals surface area (Å²) in [5, 5.41) is 3.90. The van der Waals surface area contributed by atoms with Gasteiger partial charge in [0.05, 0.1) is 9.88 Å². The van der Waals surface area contributed by atoms with E-state index in [2.05, 4.69) is 34.1 Å². The normalized spacial score (nSPS) is 19.6. The van der Waals surface area contributed by atoms with Crippen LogP contribution in [0.25, 0.3) is 10.4 Å². The van der Waals surface area contributed by atoms with Crippen LogP contribution in [0, 0.1) is 18.3 Å². The molecule has 1 saturated carbocycles. The van der Waals surface area contributed by atoms with E-state index in [9.17, 15) is 18.0 Å². The summed E-state index contributed by atoms with van der Waals surface area (Å²) < 4.78 is 38.9. The first kappa shape index (κ1) is 26.6. The summed E-state index contributed by atoms with van der Waals surface area (Å²) in [5.41, 5.74) is 6.84. The number of aryl methyl sites for hydroxylation is 1. The molecule has 0 spiro atoms. The van der Waals surface area contributed by atoms with Crippen LogP contribution in [0.15, 0.2) is 36.7 Å². The van der Waals surface area contributed by atoms with Crippen molar-refractivity contribution in [2.75, 3.05) is 5.32 Å². The zero-order valence-electron chi connectivity index (χ0n) is 19.1. The van der Waals surface area contributed by atoms with E-state index in [0.717, 1.165) is 52.5 Å². The number of hydrogen-bond acceptors (Lipinski definition) is 6. The number of amides is 1. The highest BCUT2D eigenvalue weighted by Gasteiger charge is 2.41. The lowest BCUT2D eigenvalue weighted by molar-refractivity contribution is -0.141. The Morgan fingerprint density at radius 1 is 1.20 bits per heavy atom. The number of rotatable bonds is 5. The maximum Gasteiger partial charge on any atom is 0.433 e. The van der Waals surface area contributed by atoms with Crippen molar-refractivity contribution in [3.63, 3.8) is 0 Å². The number of carbonyl (C=O) groups is 1. The molecule has 188 valence electrons. The van der Waals surface area contributed by atoms with Gasteiger partial charge >= 0.3 is 6.18 Å². The predicted molar refractivity (Wildman–Crippen MR) is 132 cm³/mol. The fourth-order valence-corrected chi connectivity index (χ4v) is 5.73. The Morgan fingerprint density at radius 3 is 2.60 bits per heavy atom. The zero-order valence-corrected chi connectivity index (χ0v) is 19.9. The molecule has 1 fully saturated rings. The molecule has 4 rings (SSSR count). The van der Waals surface area contributed by atoms with Crippen molar-refractivity contribution in [2.45, 2.75) is 59.6 Å². The van der Waals surface area contributed by atoms with Crippen LogP contribution in [0.3, 0.4) is 0 Å². The van der Waals surface area contributed by atoms with E-state index < -0.39 is 11.9 Å². The number of thiazole rings is 1. The molecule has 3 N–H and O–H groups in total. The number of primary amides is 1. The number of carbonyl (C=O) groups excluding carboxylic acids is 1. The van der Waals surface area contributed by atoms with Gasteiger partial charge in [-0.1, -0.05) is 27.3 Å². The molecule has 2 unspecified atom stereocenters. The summed E-state index contributed by atoms with van der Waals surface area (Å²) in [7, 11) is 0. The van der Waals surface area contributed by atoms with Crippen LogP contribution in [0.1, 0.15) is 62.7 Å². The van der Waals surface area contributed by atoms with Gasteiger partial charge < -0.3 is 11.1 Å². The molecule has 2 heterocycles. The molecule has 10 heteroatoms. The average Bonchev–Trinajstić information content (AvgIpc) is 3.22. The van der Waals surface area contributed by atoms with E-state index in [1.165, 1.54) is 0 Å². The quantitative estimate of drug-likeness (QED) is 0.402. The van der Waals surface area contributed by atoms with Crippen molar-refractivity contribution in [1.82, 2.24) is 15.0 Å². The number of benzene rings is 1. The van der Waals surface area contributed by atoms with Crippen LogP contribution >= 0.6 is 11.3 Å². The number of aromatic nitrogens is 3. The maximum atomic E-state index is 13.0. The molecule has 1 aliphatic rings. The standard InChI is InChI=1S/C24H26F3N5OS.CH4/c1-13-8-15(10-16(9-13)31-22-29-7-6-19(32-22)24(25,26)27)18-12-30-21(34-18)14-4-5-17(20(28)33)23(2,3)11-14;/h6-10,12,14,17H,4-5,11H2,1-3H3,(H2,28,33)(H,29,31,32);1H4. The largest absolute Gasteiger partial charge is 0.433 e. The first-order chi connectivity index (χ1) is 15.9. The monoisotopic (exact) mass is 505 g/mol. The molecule has 0 aliphatic heterocycles. The van der Waals surface area contributed by atoms with Crippen LogP contribution in [0.2, 0.25) is 0 Å². The number of nitrogens with zero attached hydrogens (tertiary/aromatic N) is 3. The molecule has 1 aromatic carbocycles. The van der Waals surface area contributed by atoms with E-state index in [0.29, 0.717) is 5.69 Å². The van der Waals surface area contributed by atoms with Gasteiger partial charge in [0.15, 0.2) is 0 Å². The number of alkyl halides is 3. The molecule has 35 heavy (non-hydrogen) atoms. The molecule has 1 aliphatic carbocycles. The molecule has 2 aromatic heterocycles. The molecule has 1 amide bonds. The Bertz CT molecular complexity index is 1210. The summed E-state index contributed by atoms with van der Waals surface area (Å²) >= 11 is 1.60. The third kappa shape index (κ3) is 5.98. The SMILES string of the molecule is C.Cc1cc(Nc2nccc(C(F)(F)F)n2)cc(-c2cnc(C3CCC(C(N)=O)C(C)(C)C3)s2)c1. The highest BCUT2D eigenvalue weighted by Crippen LogP contribution is 2.48. The van der Waals surface area contributed by atoms with Crippen LogP contribution in [0.5, 0.6) is 0 Å². The molecule has 0 saturated heterocycles. The van der Waals surface area contributed by atoms with E-state index in [4.69, 9.17) is 5.73 Å². The Balaban J connectivity index is 0.00000342. The van der Waals surface area contributed by atoms with Crippen molar-refractivity contribution in [3.05, 3.63) is 52.9 Å². The number of anilines is 2. The lowest BCUT2D eigenvalue weighted by atomic mass is 9.65. The first-order valence-electron chi connectivity index (χ1n) is 11.0. The molecular weight excluding hydrogens is 475 g/mol. The number of hydrogen-bond donors (Lipinski definition) is 2. The van der Waals surface area contributed by atoms with Gasteiger partial charge in [0.1, 0.15) is 5.69 Å². The van der Waals surface area contributed by atoms with Gasteiger partial charge in [0.2, 0.25) is 11.9 Å². The molecule has 0 radical (unpaired) electrons. The molecule has 6 nitrogen and oxygen atoms in total. The van der Waals surface area contributed by atoms with Gasteiger partial charge in [0, 0.05) is 29.9 Å². The maximum absolute atomic E-state index is 13.0. The summed E-state index contributed by atoms with van der Waals surface area (Å²) in [6.45, 7) is 6.08. The van der Waals surface area contributed by atoms with Crippen LogP contribution in [0.4, 0.5) is 24.8 Å². The number of nitrogens with two attached hydrogens (primary N) is 1. The molecule has 2 atom stereocenters. The average molecular weight is 506 g/mol. The highest BCUT2D eigenvalue weighted by atomic mass is 32.1. The van der Waals surface area contributed by atoms with Crippen molar-refractivity contribution in [2.24, 2.45) is 17.1 Å². The van der Waals surface area contributed by atoms with Gasteiger partial charge in [0.25, 0.3) is 0 Å². The Morgan fingerprint density at radius 2 is 1.94 bits per heavy atom. The van der Waals surface area contributed by atoms with Crippen molar-refractivity contribution in [3.8, 4) is 10.4 Å². The summed E-state index contributed by atoms with van der Waals surface area (Å²) in [4.78, 5) is 24.9. The number of nitrogens with one attached hydrogen (secondary N) is 1. The van der Waals surface area contributed by atoms with E-state index >= 15 is 0 Å². The van der Waals surface area contributed by atoms with E-state index in [1.54, 1.807) is 11.3 Å². The minimum Gasteiger partial charge on any atom is -0.369 e.